The van der Waals surface area contributed by atoms with E-state index in [-0.39, 0.29) is 17.3 Å². The number of benzene rings is 1. The first-order valence-corrected chi connectivity index (χ1v) is 6.09. The van der Waals surface area contributed by atoms with E-state index in [4.69, 9.17) is 4.74 Å². The Kier molecular flexibility index (Phi) is 4.73. The number of hydrogen-bond acceptors (Lipinski definition) is 2. The molecule has 0 aliphatic heterocycles. The fraction of sp³-hybridized carbons (Fsp3) is 0.533. The molecule has 0 heterocycles. The number of carbonyl (C=O) groups excluding carboxylic acids is 1. The van der Waals surface area contributed by atoms with Gasteiger partial charge in [-0.2, -0.15) is 0 Å². The zero-order chi connectivity index (χ0) is 12.9. The first-order valence-electron chi connectivity index (χ1n) is 6.09. The van der Waals surface area contributed by atoms with Crippen molar-refractivity contribution in [2.75, 3.05) is 6.61 Å². The molecule has 0 fully saturated rings. The molecule has 0 aromatic heterocycles. The van der Waals surface area contributed by atoms with Crippen molar-refractivity contribution in [2.24, 2.45) is 5.41 Å². The summed E-state index contributed by atoms with van der Waals surface area (Å²) >= 11 is 0. The van der Waals surface area contributed by atoms with E-state index in [9.17, 15) is 4.79 Å². The van der Waals surface area contributed by atoms with Crippen molar-refractivity contribution in [1.82, 2.24) is 0 Å². The minimum absolute atomic E-state index is 0.0334. The van der Waals surface area contributed by atoms with Crippen molar-refractivity contribution in [2.45, 2.75) is 40.0 Å². The Morgan fingerprint density at radius 1 is 1.24 bits per heavy atom. The van der Waals surface area contributed by atoms with Gasteiger partial charge in [0.25, 0.3) is 0 Å². The summed E-state index contributed by atoms with van der Waals surface area (Å²) in [6.45, 7) is 8.70. The van der Waals surface area contributed by atoms with E-state index >= 15 is 0 Å². The number of esters is 1. The molecule has 1 aromatic carbocycles. The van der Waals surface area contributed by atoms with Gasteiger partial charge in [-0.1, -0.05) is 58.0 Å². The molecular weight excluding hydrogens is 212 g/mol. The molecule has 17 heavy (non-hydrogen) atoms. The van der Waals surface area contributed by atoms with E-state index in [1.54, 1.807) is 0 Å². The van der Waals surface area contributed by atoms with Gasteiger partial charge in [0.1, 0.15) is 0 Å². The van der Waals surface area contributed by atoms with E-state index in [1.165, 1.54) is 5.56 Å². The fourth-order valence-electron chi connectivity index (χ4n) is 1.51. The normalized spacial score (nSPS) is 13.2. The van der Waals surface area contributed by atoms with Gasteiger partial charge in [0.05, 0.1) is 13.0 Å². The third kappa shape index (κ3) is 5.53. The van der Waals surface area contributed by atoms with Gasteiger partial charge < -0.3 is 4.74 Å². The zero-order valence-electron chi connectivity index (χ0n) is 11.2. The molecule has 0 spiro atoms. The molecule has 2 heteroatoms. The van der Waals surface area contributed by atoms with E-state index in [0.29, 0.717) is 13.0 Å². The Hall–Kier alpha value is -1.31. The maximum Gasteiger partial charge on any atom is 0.306 e. The summed E-state index contributed by atoms with van der Waals surface area (Å²) in [5, 5.41) is 0. The number of rotatable bonds is 4. The Labute approximate surface area is 104 Å². The summed E-state index contributed by atoms with van der Waals surface area (Å²) in [6, 6.07) is 10.1. The molecule has 0 radical (unpaired) electrons. The first kappa shape index (κ1) is 13.8. The molecule has 0 saturated carbocycles. The second kappa shape index (κ2) is 5.85. The highest BCUT2D eigenvalue weighted by molar-refractivity contribution is 5.70. The van der Waals surface area contributed by atoms with Crippen LogP contribution in [0.15, 0.2) is 30.3 Å². The standard InChI is InChI=1S/C15H22O2/c1-12(13-8-6-5-7-9-13)10-14(16)17-11-15(2,3)4/h5-9,12H,10-11H2,1-4H3. The van der Waals surface area contributed by atoms with Gasteiger partial charge in [0.15, 0.2) is 0 Å². The number of hydrogen-bond donors (Lipinski definition) is 0. The number of carbonyl (C=O) groups is 1. The molecule has 94 valence electrons. The van der Waals surface area contributed by atoms with E-state index in [2.05, 4.69) is 20.8 Å². The predicted molar refractivity (Wildman–Crippen MR) is 69.9 cm³/mol. The van der Waals surface area contributed by atoms with Crippen molar-refractivity contribution in [3.05, 3.63) is 35.9 Å². The molecule has 0 aliphatic rings. The quantitative estimate of drug-likeness (QED) is 0.741. The average molecular weight is 234 g/mol. The van der Waals surface area contributed by atoms with Crippen LogP contribution in [0.25, 0.3) is 0 Å². The van der Waals surface area contributed by atoms with Crippen LogP contribution < -0.4 is 0 Å². The van der Waals surface area contributed by atoms with E-state index < -0.39 is 0 Å². The largest absolute Gasteiger partial charge is 0.465 e. The van der Waals surface area contributed by atoms with Crippen molar-refractivity contribution in [3.8, 4) is 0 Å². The van der Waals surface area contributed by atoms with Crippen LogP contribution in [0.4, 0.5) is 0 Å². The summed E-state index contributed by atoms with van der Waals surface area (Å²) in [5.74, 6) is 0.0972. The van der Waals surface area contributed by atoms with Crippen LogP contribution in [0.3, 0.4) is 0 Å². The van der Waals surface area contributed by atoms with Gasteiger partial charge in [-0.05, 0) is 16.9 Å². The molecule has 1 unspecified atom stereocenters. The highest BCUT2D eigenvalue weighted by Gasteiger charge is 2.16. The van der Waals surface area contributed by atoms with E-state index in [1.807, 2.05) is 37.3 Å². The van der Waals surface area contributed by atoms with Crippen LogP contribution in [0.2, 0.25) is 0 Å². The SMILES string of the molecule is CC(CC(=O)OCC(C)(C)C)c1ccccc1. The Morgan fingerprint density at radius 2 is 1.82 bits per heavy atom. The van der Waals surface area contributed by atoms with Crippen LogP contribution >= 0.6 is 0 Å². The summed E-state index contributed by atoms with van der Waals surface area (Å²) in [7, 11) is 0. The summed E-state index contributed by atoms with van der Waals surface area (Å²) in [6.07, 6.45) is 0.445. The lowest BCUT2D eigenvalue weighted by atomic mass is 9.97. The molecular formula is C15H22O2. The highest BCUT2D eigenvalue weighted by atomic mass is 16.5. The monoisotopic (exact) mass is 234 g/mol. The Morgan fingerprint density at radius 3 is 2.35 bits per heavy atom. The third-order valence-electron chi connectivity index (χ3n) is 2.51. The van der Waals surface area contributed by atoms with Crippen LogP contribution in [0.1, 0.15) is 45.6 Å². The minimum Gasteiger partial charge on any atom is -0.465 e. The second-order valence-electron chi connectivity index (χ2n) is 5.74. The molecule has 2 nitrogen and oxygen atoms in total. The van der Waals surface area contributed by atoms with E-state index in [0.717, 1.165) is 0 Å². The Balaban J connectivity index is 2.42. The highest BCUT2D eigenvalue weighted by Crippen LogP contribution is 2.20. The van der Waals surface area contributed by atoms with Crippen molar-refractivity contribution < 1.29 is 9.53 Å². The lowest BCUT2D eigenvalue weighted by molar-refractivity contribution is -0.146. The fourth-order valence-corrected chi connectivity index (χ4v) is 1.51. The lowest BCUT2D eigenvalue weighted by Crippen LogP contribution is -2.19. The molecule has 1 atom stereocenters. The molecule has 0 amide bonds. The summed E-state index contributed by atoms with van der Waals surface area (Å²) in [4.78, 5) is 11.7. The van der Waals surface area contributed by atoms with Crippen molar-refractivity contribution >= 4 is 5.97 Å². The maximum absolute atomic E-state index is 11.7. The Bertz CT molecular complexity index is 349. The van der Waals surface area contributed by atoms with Crippen LogP contribution in [0, 0.1) is 5.41 Å². The molecule has 1 rings (SSSR count). The van der Waals surface area contributed by atoms with Crippen LogP contribution in [-0.4, -0.2) is 12.6 Å². The molecule has 0 saturated heterocycles. The molecule has 0 aliphatic carbocycles. The molecule has 0 bridgehead atoms. The maximum atomic E-state index is 11.7. The van der Waals surface area contributed by atoms with Gasteiger partial charge >= 0.3 is 5.97 Å². The van der Waals surface area contributed by atoms with Gasteiger partial charge in [-0.3, -0.25) is 4.79 Å². The smallest absolute Gasteiger partial charge is 0.306 e. The van der Waals surface area contributed by atoms with Crippen LogP contribution in [0.5, 0.6) is 0 Å². The third-order valence-corrected chi connectivity index (χ3v) is 2.51. The van der Waals surface area contributed by atoms with Crippen molar-refractivity contribution in [3.63, 3.8) is 0 Å². The van der Waals surface area contributed by atoms with Gasteiger partial charge in [-0.25, -0.2) is 0 Å². The topological polar surface area (TPSA) is 26.3 Å². The molecule has 1 aromatic rings. The van der Waals surface area contributed by atoms with Gasteiger partial charge in [-0.15, -0.1) is 0 Å². The second-order valence-corrected chi connectivity index (χ2v) is 5.74. The summed E-state index contributed by atoms with van der Waals surface area (Å²) < 4.78 is 5.26. The predicted octanol–water partition coefficient (Wildman–Crippen LogP) is 3.77. The van der Waals surface area contributed by atoms with Gasteiger partial charge in [0.2, 0.25) is 0 Å². The first-order chi connectivity index (χ1) is 7.88. The van der Waals surface area contributed by atoms with Crippen LogP contribution in [-0.2, 0) is 9.53 Å². The minimum atomic E-state index is -0.115. The zero-order valence-corrected chi connectivity index (χ0v) is 11.2. The average Bonchev–Trinajstić information content (AvgIpc) is 2.27. The lowest BCUT2D eigenvalue weighted by Gasteiger charge is -2.19. The number of ether oxygens (including phenoxy) is 1. The summed E-state index contributed by atoms with van der Waals surface area (Å²) in [5.41, 5.74) is 1.21. The molecule has 0 N–H and O–H groups in total. The van der Waals surface area contributed by atoms with Crippen molar-refractivity contribution in [1.29, 1.82) is 0 Å². The van der Waals surface area contributed by atoms with Gasteiger partial charge in [0, 0.05) is 0 Å².